The van der Waals surface area contributed by atoms with Crippen LogP contribution in [-0.4, -0.2) is 26.4 Å². The number of halogens is 2. The standard InChI is InChI=1S/C18H17F2N5/c19-16(20)17-23-22-15-6-5-14(24-25(15)17)21-10-12-9-18(12)8-7-11-3-1-2-4-13(11)18/h1-6,12,16H,7-10H2,(H,21,24)/t12-,18+/m0/s1. The van der Waals surface area contributed by atoms with E-state index in [-0.39, 0.29) is 0 Å². The highest BCUT2D eigenvalue weighted by Gasteiger charge is 2.57. The zero-order valence-electron chi connectivity index (χ0n) is 13.5. The van der Waals surface area contributed by atoms with E-state index in [0.717, 1.165) is 17.5 Å². The molecule has 25 heavy (non-hydrogen) atoms. The van der Waals surface area contributed by atoms with E-state index in [1.54, 1.807) is 12.1 Å². The van der Waals surface area contributed by atoms with Crippen LogP contribution in [-0.2, 0) is 11.8 Å². The third kappa shape index (κ3) is 2.22. The van der Waals surface area contributed by atoms with Gasteiger partial charge in [-0.2, -0.15) is 4.52 Å². The second kappa shape index (κ2) is 5.21. The molecule has 5 rings (SSSR count). The van der Waals surface area contributed by atoms with Gasteiger partial charge in [-0.05, 0) is 48.4 Å². The van der Waals surface area contributed by atoms with Crippen LogP contribution in [0.4, 0.5) is 14.6 Å². The number of nitrogens with one attached hydrogen (secondary N) is 1. The summed E-state index contributed by atoms with van der Waals surface area (Å²) in [5, 5.41) is 14.7. The molecular formula is C18H17F2N5. The number of hydrogen-bond acceptors (Lipinski definition) is 4. The van der Waals surface area contributed by atoms with Gasteiger partial charge < -0.3 is 5.32 Å². The zero-order chi connectivity index (χ0) is 17.0. The van der Waals surface area contributed by atoms with Crippen molar-refractivity contribution in [1.29, 1.82) is 0 Å². The number of hydrogen-bond donors (Lipinski definition) is 1. The molecule has 3 aromatic rings. The van der Waals surface area contributed by atoms with E-state index in [1.807, 2.05) is 0 Å². The number of benzene rings is 1. The fraction of sp³-hybridized carbons (Fsp3) is 0.389. The van der Waals surface area contributed by atoms with Crippen molar-refractivity contribution in [3.05, 3.63) is 53.3 Å². The fourth-order valence-electron chi connectivity index (χ4n) is 4.26. The van der Waals surface area contributed by atoms with Crippen LogP contribution in [0.1, 0.15) is 36.2 Å². The molecule has 0 bridgehead atoms. The van der Waals surface area contributed by atoms with Crippen LogP contribution < -0.4 is 5.32 Å². The maximum atomic E-state index is 12.9. The third-order valence-corrected chi connectivity index (χ3v) is 5.64. The smallest absolute Gasteiger partial charge is 0.299 e. The molecule has 1 fully saturated rings. The topological polar surface area (TPSA) is 55.1 Å². The number of nitrogens with zero attached hydrogens (tertiary/aromatic N) is 4. The molecule has 1 spiro atoms. The second-order valence-corrected chi connectivity index (χ2v) is 6.94. The maximum Gasteiger partial charge on any atom is 0.299 e. The normalized spacial score (nSPS) is 24.2. The molecule has 7 heteroatoms. The Balaban J connectivity index is 1.33. The molecule has 0 saturated heterocycles. The van der Waals surface area contributed by atoms with Crippen molar-refractivity contribution in [2.75, 3.05) is 11.9 Å². The minimum Gasteiger partial charge on any atom is -0.368 e. The predicted octanol–water partition coefficient (Wildman–Crippen LogP) is 3.38. The minimum atomic E-state index is -2.69. The van der Waals surface area contributed by atoms with E-state index in [2.05, 4.69) is 44.9 Å². The molecule has 2 aliphatic rings. The predicted molar refractivity (Wildman–Crippen MR) is 88.8 cm³/mol. The second-order valence-electron chi connectivity index (χ2n) is 6.94. The van der Waals surface area contributed by atoms with Crippen molar-refractivity contribution >= 4 is 11.5 Å². The van der Waals surface area contributed by atoms with Crippen LogP contribution >= 0.6 is 0 Å². The van der Waals surface area contributed by atoms with Gasteiger partial charge in [-0.25, -0.2) is 8.78 Å². The van der Waals surface area contributed by atoms with E-state index in [0.29, 0.717) is 22.8 Å². The molecule has 1 saturated carbocycles. The summed E-state index contributed by atoms with van der Waals surface area (Å²) < 4.78 is 27.0. The van der Waals surface area contributed by atoms with Gasteiger partial charge in [0, 0.05) is 12.0 Å². The van der Waals surface area contributed by atoms with Gasteiger partial charge in [0.05, 0.1) is 0 Å². The van der Waals surface area contributed by atoms with E-state index in [1.165, 1.54) is 24.0 Å². The first-order chi connectivity index (χ1) is 12.2. The lowest BCUT2D eigenvalue weighted by molar-refractivity contribution is 0.137. The summed E-state index contributed by atoms with van der Waals surface area (Å²) in [6.45, 7) is 0.791. The van der Waals surface area contributed by atoms with E-state index < -0.39 is 12.2 Å². The van der Waals surface area contributed by atoms with Gasteiger partial charge in [-0.15, -0.1) is 15.3 Å². The number of aryl methyl sites for hydroxylation is 1. The Labute approximate surface area is 143 Å². The van der Waals surface area contributed by atoms with Gasteiger partial charge in [0.25, 0.3) is 6.43 Å². The van der Waals surface area contributed by atoms with Crippen molar-refractivity contribution in [2.24, 2.45) is 5.92 Å². The number of aromatic nitrogens is 4. The lowest BCUT2D eigenvalue weighted by atomic mass is 9.95. The van der Waals surface area contributed by atoms with Crippen molar-refractivity contribution in [3.8, 4) is 0 Å². The van der Waals surface area contributed by atoms with E-state index >= 15 is 0 Å². The van der Waals surface area contributed by atoms with Crippen molar-refractivity contribution in [1.82, 2.24) is 19.8 Å². The summed E-state index contributed by atoms with van der Waals surface area (Å²) in [6, 6.07) is 12.1. The Kier molecular flexibility index (Phi) is 3.07. The average Bonchev–Trinajstić information content (AvgIpc) is 2.97. The summed E-state index contributed by atoms with van der Waals surface area (Å²) in [7, 11) is 0. The molecule has 5 nitrogen and oxygen atoms in total. The van der Waals surface area contributed by atoms with Crippen LogP contribution in [0.25, 0.3) is 5.65 Å². The van der Waals surface area contributed by atoms with Crippen LogP contribution in [0, 0.1) is 5.92 Å². The Morgan fingerprint density at radius 2 is 2.08 bits per heavy atom. The fourth-order valence-corrected chi connectivity index (χ4v) is 4.26. The average molecular weight is 341 g/mol. The number of rotatable bonds is 4. The SMILES string of the molecule is FC(F)c1nnc2ccc(NC[C@@H]3C[C@]34CCc3ccccc34)nn12. The molecule has 128 valence electrons. The molecule has 0 aliphatic heterocycles. The largest absolute Gasteiger partial charge is 0.368 e. The van der Waals surface area contributed by atoms with Crippen molar-refractivity contribution in [3.63, 3.8) is 0 Å². The highest BCUT2D eigenvalue weighted by Crippen LogP contribution is 2.61. The first-order valence-corrected chi connectivity index (χ1v) is 8.50. The Bertz CT molecular complexity index is 954. The van der Waals surface area contributed by atoms with Crippen molar-refractivity contribution in [2.45, 2.75) is 31.1 Å². The maximum absolute atomic E-state index is 12.9. The van der Waals surface area contributed by atoms with Gasteiger partial charge in [0.2, 0.25) is 5.82 Å². The number of alkyl halides is 2. The highest BCUT2D eigenvalue weighted by molar-refractivity contribution is 5.47. The minimum absolute atomic E-state index is 0.304. The first kappa shape index (κ1) is 14.7. The molecule has 2 aromatic heterocycles. The Morgan fingerprint density at radius 3 is 2.96 bits per heavy atom. The van der Waals surface area contributed by atoms with Crippen LogP contribution in [0.15, 0.2) is 36.4 Å². The molecule has 2 heterocycles. The van der Waals surface area contributed by atoms with Crippen LogP contribution in [0.5, 0.6) is 0 Å². The zero-order valence-corrected chi connectivity index (χ0v) is 13.5. The van der Waals surface area contributed by atoms with Crippen LogP contribution in [0.2, 0.25) is 0 Å². The summed E-state index contributed by atoms with van der Waals surface area (Å²) >= 11 is 0. The molecule has 1 N–H and O–H groups in total. The highest BCUT2D eigenvalue weighted by atomic mass is 19.3. The van der Waals surface area contributed by atoms with Gasteiger partial charge >= 0.3 is 0 Å². The summed E-state index contributed by atoms with van der Waals surface area (Å²) in [6.07, 6.45) is 0.828. The summed E-state index contributed by atoms with van der Waals surface area (Å²) in [4.78, 5) is 0. The molecule has 0 amide bonds. The van der Waals surface area contributed by atoms with E-state index in [4.69, 9.17) is 0 Å². The van der Waals surface area contributed by atoms with Gasteiger partial charge in [-0.3, -0.25) is 0 Å². The molecule has 0 unspecified atom stereocenters. The van der Waals surface area contributed by atoms with Gasteiger partial charge in [-0.1, -0.05) is 24.3 Å². The quantitative estimate of drug-likeness (QED) is 0.790. The van der Waals surface area contributed by atoms with E-state index in [9.17, 15) is 8.78 Å². The molecule has 2 atom stereocenters. The van der Waals surface area contributed by atoms with Crippen molar-refractivity contribution < 1.29 is 8.78 Å². The molecular weight excluding hydrogens is 324 g/mol. The number of fused-ring (bicyclic) bond motifs is 3. The summed E-state index contributed by atoms with van der Waals surface area (Å²) in [5.74, 6) is 0.706. The Morgan fingerprint density at radius 1 is 1.20 bits per heavy atom. The third-order valence-electron chi connectivity index (χ3n) is 5.64. The lowest BCUT2D eigenvalue weighted by Gasteiger charge is -2.12. The summed E-state index contributed by atoms with van der Waals surface area (Å²) in [5.41, 5.74) is 3.59. The monoisotopic (exact) mass is 341 g/mol. The molecule has 1 aromatic carbocycles. The first-order valence-electron chi connectivity index (χ1n) is 8.50. The lowest BCUT2D eigenvalue weighted by Crippen LogP contribution is -2.14. The number of anilines is 1. The van der Waals surface area contributed by atoms with Crippen LogP contribution in [0.3, 0.4) is 0 Å². The molecule has 2 aliphatic carbocycles. The Hall–Kier alpha value is -2.57. The molecule has 0 radical (unpaired) electrons. The van der Waals surface area contributed by atoms with Gasteiger partial charge in [0.15, 0.2) is 5.65 Å². The van der Waals surface area contributed by atoms with Gasteiger partial charge in [0.1, 0.15) is 5.82 Å².